The summed E-state index contributed by atoms with van der Waals surface area (Å²) in [6, 6.07) is 22.1. The third-order valence-corrected chi connectivity index (χ3v) is 5.44. The summed E-state index contributed by atoms with van der Waals surface area (Å²) >= 11 is 0. The van der Waals surface area contributed by atoms with Gasteiger partial charge in [-0.25, -0.2) is 0 Å². The molecule has 0 amide bonds. The Balaban J connectivity index is 0.000000209. The lowest BCUT2D eigenvalue weighted by Crippen LogP contribution is -1.98. The fraction of sp³-hybridized carbons (Fsp3) is 0.429. The lowest BCUT2D eigenvalue weighted by molar-refractivity contribution is 0.790. The zero-order valence-corrected chi connectivity index (χ0v) is 19.1. The molecule has 0 aromatic heterocycles. The van der Waals surface area contributed by atoms with Crippen LogP contribution in [0.1, 0.15) is 101 Å². The van der Waals surface area contributed by atoms with E-state index in [-0.39, 0.29) is 0 Å². The standard InChI is InChI=1S/C16H20.C12H18/c1-11(2)15-9-13-7-5-6-8-14(13)10-16(15)12(3)4;1-9(2)11-7-5-6-8-12(11)10(3)4/h5-12H,1-4H3;5-10H,1-4H3. The van der Waals surface area contributed by atoms with E-state index in [0.717, 1.165) is 0 Å². The maximum absolute atomic E-state index is 2.36. The van der Waals surface area contributed by atoms with E-state index < -0.39 is 0 Å². The van der Waals surface area contributed by atoms with Gasteiger partial charge in [-0.2, -0.15) is 0 Å². The predicted molar refractivity (Wildman–Crippen MR) is 127 cm³/mol. The van der Waals surface area contributed by atoms with Gasteiger partial charge in [-0.15, -0.1) is 0 Å². The van der Waals surface area contributed by atoms with E-state index in [0.29, 0.717) is 23.7 Å². The van der Waals surface area contributed by atoms with Crippen molar-refractivity contribution < 1.29 is 0 Å². The highest BCUT2D eigenvalue weighted by molar-refractivity contribution is 5.84. The first-order chi connectivity index (χ1) is 13.2. The molecule has 0 nitrogen and oxygen atoms in total. The van der Waals surface area contributed by atoms with Crippen molar-refractivity contribution in [3.63, 3.8) is 0 Å². The van der Waals surface area contributed by atoms with Crippen LogP contribution < -0.4 is 0 Å². The van der Waals surface area contributed by atoms with Gasteiger partial charge in [0.25, 0.3) is 0 Å². The van der Waals surface area contributed by atoms with Crippen molar-refractivity contribution in [1.82, 2.24) is 0 Å². The number of hydrogen-bond donors (Lipinski definition) is 0. The first kappa shape index (κ1) is 22.2. The summed E-state index contributed by atoms with van der Waals surface area (Å²) in [5, 5.41) is 2.71. The predicted octanol–water partition coefficient (Wildman–Crippen LogP) is 9.02. The minimum atomic E-state index is 0.599. The van der Waals surface area contributed by atoms with E-state index in [1.165, 1.54) is 33.0 Å². The zero-order chi connectivity index (χ0) is 20.8. The Morgan fingerprint density at radius 1 is 0.393 bits per heavy atom. The summed E-state index contributed by atoms with van der Waals surface area (Å²) < 4.78 is 0. The Bertz CT molecular complexity index is 808. The van der Waals surface area contributed by atoms with Crippen molar-refractivity contribution in [2.75, 3.05) is 0 Å². The van der Waals surface area contributed by atoms with E-state index in [2.05, 4.69) is 116 Å². The Morgan fingerprint density at radius 2 is 0.679 bits per heavy atom. The van der Waals surface area contributed by atoms with Gasteiger partial charge in [-0.1, -0.05) is 116 Å². The van der Waals surface area contributed by atoms with Gasteiger partial charge < -0.3 is 0 Å². The van der Waals surface area contributed by atoms with Crippen LogP contribution in [0.3, 0.4) is 0 Å². The molecule has 0 heterocycles. The molecule has 0 bridgehead atoms. The fourth-order valence-corrected chi connectivity index (χ4v) is 3.84. The number of rotatable bonds is 4. The van der Waals surface area contributed by atoms with Crippen LogP contribution in [0.2, 0.25) is 0 Å². The average molecular weight is 375 g/mol. The zero-order valence-electron chi connectivity index (χ0n) is 19.1. The molecule has 0 saturated carbocycles. The summed E-state index contributed by atoms with van der Waals surface area (Å²) in [7, 11) is 0. The van der Waals surface area contributed by atoms with Crippen LogP contribution in [0.5, 0.6) is 0 Å². The monoisotopic (exact) mass is 374 g/mol. The van der Waals surface area contributed by atoms with Crippen molar-refractivity contribution in [1.29, 1.82) is 0 Å². The Hall–Kier alpha value is -2.08. The highest BCUT2D eigenvalue weighted by atomic mass is 14.2. The van der Waals surface area contributed by atoms with E-state index >= 15 is 0 Å². The van der Waals surface area contributed by atoms with Crippen LogP contribution in [-0.4, -0.2) is 0 Å². The molecular weight excluding hydrogens is 336 g/mol. The molecule has 0 N–H and O–H groups in total. The first-order valence-electron chi connectivity index (χ1n) is 10.8. The molecule has 3 rings (SSSR count). The number of fused-ring (bicyclic) bond motifs is 1. The summed E-state index contributed by atoms with van der Waals surface area (Å²) in [4.78, 5) is 0. The third-order valence-electron chi connectivity index (χ3n) is 5.44. The molecule has 3 aromatic rings. The van der Waals surface area contributed by atoms with Crippen LogP contribution in [0.25, 0.3) is 10.8 Å². The van der Waals surface area contributed by atoms with E-state index in [1.807, 2.05) is 0 Å². The molecule has 0 aliphatic heterocycles. The van der Waals surface area contributed by atoms with E-state index in [9.17, 15) is 0 Å². The van der Waals surface area contributed by atoms with Gasteiger partial charge in [-0.05, 0) is 56.7 Å². The smallest absolute Gasteiger partial charge is 0.0181 e. The second-order valence-corrected chi connectivity index (χ2v) is 9.08. The van der Waals surface area contributed by atoms with Crippen LogP contribution in [0.4, 0.5) is 0 Å². The Kier molecular flexibility index (Phi) is 7.87. The van der Waals surface area contributed by atoms with Crippen LogP contribution in [0, 0.1) is 0 Å². The van der Waals surface area contributed by atoms with Gasteiger partial charge in [0.15, 0.2) is 0 Å². The van der Waals surface area contributed by atoms with Crippen molar-refractivity contribution in [2.45, 2.75) is 79.1 Å². The Labute approximate surface area is 173 Å². The molecule has 0 saturated heterocycles. The van der Waals surface area contributed by atoms with Crippen molar-refractivity contribution in [2.24, 2.45) is 0 Å². The fourth-order valence-electron chi connectivity index (χ4n) is 3.84. The minimum Gasteiger partial charge on any atom is -0.0620 e. The first-order valence-corrected chi connectivity index (χ1v) is 10.8. The molecule has 0 spiro atoms. The van der Waals surface area contributed by atoms with E-state index in [4.69, 9.17) is 0 Å². The topological polar surface area (TPSA) is 0 Å². The molecule has 0 atom stereocenters. The normalized spacial score (nSPS) is 11.4. The minimum absolute atomic E-state index is 0.599. The molecule has 0 aliphatic carbocycles. The lowest BCUT2D eigenvalue weighted by atomic mass is 9.88. The highest BCUT2D eigenvalue weighted by Crippen LogP contribution is 2.30. The van der Waals surface area contributed by atoms with Crippen molar-refractivity contribution in [3.8, 4) is 0 Å². The summed E-state index contributed by atoms with van der Waals surface area (Å²) in [6.07, 6.45) is 0. The SMILES string of the molecule is CC(C)c1cc2ccccc2cc1C(C)C.CC(C)c1ccccc1C(C)C. The summed E-state index contributed by atoms with van der Waals surface area (Å²) in [5.41, 5.74) is 5.97. The van der Waals surface area contributed by atoms with Crippen LogP contribution in [0.15, 0.2) is 60.7 Å². The molecule has 0 radical (unpaired) electrons. The van der Waals surface area contributed by atoms with Gasteiger partial charge in [0.2, 0.25) is 0 Å². The summed E-state index contributed by atoms with van der Waals surface area (Å²) in [6.45, 7) is 18.1. The summed E-state index contributed by atoms with van der Waals surface area (Å²) in [5.74, 6) is 2.48. The Morgan fingerprint density at radius 3 is 0.964 bits per heavy atom. The molecule has 0 heteroatoms. The molecular formula is C28H38. The van der Waals surface area contributed by atoms with Crippen LogP contribution in [-0.2, 0) is 0 Å². The number of benzene rings is 3. The molecule has 28 heavy (non-hydrogen) atoms. The second-order valence-electron chi connectivity index (χ2n) is 9.08. The average Bonchev–Trinajstić information content (AvgIpc) is 2.67. The second kappa shape index (κ2) is 9.92. The van der Waals surface area contributed by atoms with Gasteiger partial charge >= 0.3 is 0 Å². The van der Waals surface area contributed by atoms with Crippen molar-refractivity contribution >= 4 is 10.8 Å². The van der Waals surface area contributed by atoms with E-state index in [1.54, 1.807) is 0 Å². The highest BCUT2D eigenvalue weighted by Gasteiger charge is 2.11. The molecule has 0 aliphatic rings. The number of hydrogen-bond acceptors (Lipinski definition) is 0. The molecule has 0 fully saturated rings. The van der Waals surface area contributed by atoms with Gasteiger partial charge in [0.1, 0.15) is 0 Å². The van der Waals surface area contributed by atoms with Crippen molar-refractivity contribution in [3.05, 3.63) is 82.9 Å². The van der Waals surface area contributed by atoms with Gasteiger partial charge in [0.05, 0.1) is 0 Å². The molecule has 150 valence electrons. The molecule has 0 unspecified atom stereocenters. The van der Waals surface area contributed by atoms with Gasteiger partial charge in [-0.3, -0.25) is 0 Å². The largest absolute Gasteiger partial charge is 0.0620 e. The van der Waals surface area contributed by atoms with Crippen LogP contribution >= 0.6 is 0 Å². The maximum atomic E-state index is 2.36. The maximum Gasteiger partial charge on any atom is -0.0181 e. The molecule has 3 aromatic carbocycles. The van der Waals surface area contributed by atoms with Gasteiger partial charge in [0, 0.05) is 0 Å². The third kappa shape index (κ3) is 5.47. The quantitative estimate of drug-likeness (QED) is 0.427. The lowest BCUT2D eigenvalue weighted by Gasteiger charge is -2.17.